The summed E-state index contributed by atoms with van der Waals surface area (Å²) >= 11 is 0. The lowest BCUT2D eigenvalue weighted by molar-refractivity contribution is 0.0462. The van der Waals surface area contributed by atoms with Crippen molar-refractivity contribution in [2.24, 2.45) is 5.92 Å². The largest absolute Gasteiger partial charge is 0.472 e. The molecule has 6 heteroatoms. The van der Waals surface area contributed by atoms with E-state index in [2.05, 4.69) is 15.0 Å². The third-order valence-electron chi connectivity index (χ3n) is 6.12. The van der Waals surface area contributed by atoms with Crippen molar-refractivity contribution in [2.45, 2.75) is 38.8 Å². The first-order valence-corrected chi connectivity index (χ1v) is 10.4. The zero-order chi connectivity index (χ0) is 20.7. The number of amides is 1. The molecule has 0 aromatic carbocycles. The van der Waals surface area contributed by atoms with Gasteiger partial charge in [-0.15, -0.1) is 0 Å². The molecule has 3 aromatic rings. The molecule has 1 amide bonds. The Hall–Kier alpha value is -3.28. The normalized spacial score (nSPS) is 22.3. The van der Waals surface area contributed by atoms with Crippen LogP contribution in [0.3, 0.4) is 0 Å². The number of fused-ring (bicyclic) bond motifs is 2. The lowest BCUT2D eigenvalue weighted by Gasteiger charge is -2.33. The molecule has 2 aliphatic rings. The molecule has 30 heavy (non-hydrogen) atoms. The summed E-state index contributed by atoms with van der Waals surface area (Å²) in [5.74, 6) is 1.03. The monoisotopic (exact) mass is 400 g/mol. The Bertz CT molecular complexity index is 1070. The van der Waals surface area contributed by atoms with E-state index in [1.807, 2.05) is 55.1 Å². The summed E-state index contributed by atoms with van der Waals surface area (Å²) in [4.78, 5) is 28.8. The first-order chi connectivity index (χ1) is 14.6. The fourth-order valence-electron chi connectivity index (χ4n) is 4.70. The van der Waals surface area contributed by atoms with E-state index in [-0.39, 0.29) is 18.1 Å². The van der Waals surface area contributed by atoms with Gasteiger partial charge >= 0.3 is 0 Å². The van der Waals surface area contributed by atoms with Crippen LogP contribution < -0.4 is 4.74 Å². The van der Waals surface area contributed by atoms with E-state index in [4.69, 9.17) is 4.74 Å². The minimum absolute atomic E-state index is 0.0361. The topological polar surface area (TPSA) is 68.2 Å². The van der Waals surface area contributed by atoms with Crippen LogP contribution in [0.25, 0.3) is 11.3 Å². The van der Waals surface area contributed by atoms with E-state index >= 15 is 0 Å². The Labute approximate surface area is 176 Å². The van der Waals surface area contributed by atoms with Crippen molar-refractivity contribution >= 4 is 5.91 Å². The van der Waals surface area contributed by atoms with Crippen LogP contribution in [-0.2, 0) is 0 Å². The number of piperidine rings is 1. The predicted molar refractivity (Wildman–Crippen MR) is 113 cm³/mol. The number of hydrogen-bond donors (Lipinski definition) is 0. The Morgan fingerprint density at radius 3 is 2.67 bits per heavy atom. The lowest BCUT2D eigenvalue weighted by Crippen LogP contribution is -2.47. The van der Waals surface area contributed by atoms with Crippen molar-refractivity contribution < 1.29 is 9.53 Å². The minimum Gasteiger partial charge on any atom is -0.472 e. The summed E-state index contributed by atoms with van der Waals surface area (Å²) in [6, 6.07) is 11.6. The van der Waals surface area contributed by atoms with E-state index < -0.39 is 0 Å². The van der Waals surface area contributed by atoms with E-state index in [0.717, 1.165) is 41.8 Å². The zero-order valence-electron chi connectivity index (χ0n) is 17.2. The number of aromatic nitrogens is 3. The number of hydrogen-bond acceptors (Lipinski definition) is 5. The Morgan fingerprint density at radius 1 is 1.03 bits per heavy atom. The van der Waals surface area contributed by atoms with Crippen LogP contribution in [0.2, 0.25) is 0 Å². The molecule has 152 valence electrons. The highest BCUT2D eigenvalue weighted by molar-refractivity contribution is 5.99. The highest BCUT2D eigenvalue weighted by atomic mass is 16.5. The summed E-state index contributed by atoms with van der Waals surface area (Å²) in [5.41, 5.74) is 4.14. The number of likely N-dealkylation sites (tertiary alicyclic amines) is 1. The average Bonchev–Trinajstić information content (AvgIpc) is 3.36. The molecule has 4 heterocycles. The average molecular weight is 400 g/mol. The minimum atomic E-state index is -0.0444. The van der Waals surface area contributed by atoms with Crippen LogP contribution in [0.15, 0.2) is 55.0 Å². The van der Waals surface area contributed by atoms with E-state index in [1.165, 1.54) is 0 Å². The second-order valence-corrected chi connectivity index (χ2v) is 8.26. The zero-order valence-corrected chi connectivity index (χ0v) is 17.2. The van der Waals surface area contributed by atoms with Gasteiger partial charge in [-0.05, 0) is 61.9 Å². The van der Waals surface area contributed by atoms with Crippen molar-refractivity contribution in [1.82, 2.24) is 19.9 Å². The second-order valence-electron chi connectivity index (χ2n) is 8.26. The van der Waals surface area contributed by atoms with Gasteiger partial charge < -0.3 is 9.64 Å². The van der Waals surface area contributed by atoms with Gasteiger partial charge in [0, 0.05) is 36.8 Å². The summed E-state index contributed by atoms with van der Waals surface area (Å²) in [6.45, 7) is 4.75. The van der Waals surface area contributed by atoms with Crippen LogP contribution >= 0.6 is 0 Å². The summed E-state index contributed by atoms with van der Waals surface area (Å²) in [5, 5.41) is 0. The van der Waals surface area contributed by atoms with Crippen LogP contribution in [0.4, 0.5) is 0 Å². The quantitative estimate of drug-likeness (QED) is 0.666. The maximum atomic E-state index is 13.6. The lowest BCUT2D eigenvalue weighted by atomic mass is 10.0. The van der Waals surface area contributed by atoms with Gasteiger partial charge in [0.15, 0.2) is 0 Å². The Kier molecular flexibility index (Phi) is 4.69. The maximum absolute atomic E-state index is 13.6. The maximum Gasteiger partial charge on any atom is 0.273 e. The molecule has 2 bridgehead atoms. The Balaban J connectivity index is 1.42. The van der Waals surface area contributed by atoms with Gasteiger partial charge in [0.05, 0.1) is 11.7 Å². The van der Waals surface area contributed by atoms with Crippen LogP contribution in [0.1, 0.15) is 34.5 Å². The molecule has 1 saturated carbocycles. The van der Waals surface area contributed by atoms with Crippen molar-refractivity contribution in [3.63, 3.8) is 0 Å². The van der Waals surface area contributed by atoms with E-state index in [0.29, 0.717) is 17.5 Å². The predicted octanol–water partition coefficient (Wildman–Crippen LogP) is 3.84. The van der Waals surface area contributed by atoms with Crippen molar-refractivity contribution in [3.8, 4) is 17.1 Å². The van der Waals surface area contributed by atoms with Gasteiger partial charge in [-0.2, -0.15) is 0 Å². The van der Waals surface area contributed by atoms with Gasteiger partial charge in [0.2, 0.25) is 5.88 Å². The third-order valence-corrected chi connectivity index (χ3v) is 6.12. The van der Waals surface area contributed by atoms with Crippen LogP contribution in [0.5, 0.6) is 5.88 Å². The number of rotatable bonds is 4. The molecule has 2 fully saturated rings. The molecule has 0 radical (unpaired) electrons. The Morgan fingerprint density at radius 2 is 1.93 bits per heavy atom. The molecular weight excluding hydrogens is 376 g/mol. The molecule has 5 rings (SSSR count). The van der Waals surface area contributed by atoms with Crippen LogP contribution in [0, 0.1) is 19.8 Å². The second kappa shape index (κ2) is 7.52. The molecule has 0 spiro atoms. The number of ether oxygens (including phenoxy) is 1. The smallest absolute Gasteiger partial charge is 0.273 e. The molecule has 1 aliphatic heterocycles. The highest BCUT2D eigenvalue weighted by Gasteiger charge is 2.49. The van der Waals surface area contributed by atoms with Crippen molar-refractivity contribution in [2.75, 3.05) is 6.54 Å². The molecule has 1 aliphatic carbocycles. The van der Waals surface area contributed by atoms with Gasteiger partial charge in [-0.1, -0.05) is 12.1 Å². The highest BCUT2D eigenvalue weighted by Crippen LogP contribution is 2.41. The van der Waals surface area contributed by atoms with E-state index in [9.17, 15) is 4.79 Å². The number of carbonyl (C=O) groups is 1. The SMILES string of the molecule is Cc1ccc(OC2CC3CC2N(C(=O)c2nccc(C)c2-c2ccccn2)C3)nc1. The molecule has 0 N–H and O–H groups in total. The van der Waals surface area contributed by atoms with Gasteiger partial charge in [-0.3, -0.25) is 14.8 Å². The van der Waals surface area contributed by atoms with Gasteiger partial charge in [0.1, 0.15) is 11.8 Å². The van der Waals surface area contributed by atoms with Gasteiger partial charge in [-0.25, -0.2) is 4.98 Å². The van der Waals surface area contributed by atoms with Gasteiger partial charge in [0.25, 0.3) is 5.91 Å². The molecule has 6 nitrogen and oxygen atoms in total. The number of nitrogens with zero attached hydrogens (tertiary/aromatic N) is 4. The first kappa shape index (κ1) is 18.7. The van der Waals surface area contributed by atoms with Crippen molar-refractivity contribution in [1.29, 1.82) is 0 Å². The number of pyridine rings is 3. The fourth-order valence-corrected chi connectivity index (χ4v) is 4.70. The number of aryl methyl sites for hydroxylation is 2. The van der Waals surface area contributed by atoms with Crippen LogP contribution in [-0.4, -0.2) is 44.4 Å². The fraction of sp³-hybridized carbons (Fsp3) is 0.333. The number of carbonyl (C=O) groups excluding carboxylic acids is 1. The summed E-state index contributed by atoms with van der Waals surface area (Å²) in [6.07, 6.45) is 7.14. The molecule has 3 atom stereocenters. The third kappa shape index (κ3) is 3.32. The molecule has 3 aromatic heterocycles. The first-order valence-electron chi connectivity index (χ1n) is 10.4. The molecule has 3 unspecified atom stereocenters. The summed E-state index contributed by atoms with van der Waals surface area (Å²) < 4.78 is 6.18. The molecular formula is C24H24N4O2. The van der Waals surface area contributed by atoms with Crippen molar-refractivity contribution in [3.05, 3.63) is 71.8 Å². The summed E-state index contributed by atoms with van der Waals surface area (Å²) in [7, 11) is 0. The standard InChI is InChI=1S/C24H24N4O2/c1-15-6-7-21(27-13-15)30-20-12-17-11-19(20)28(14-17)24(29)23-22(16(2)8-10-26-23)18-5-3-4-9-25-18/h3-10,13,17,19-20H,11-12,14H2,1-2H3. The van der Waals surface area contributed by atoms with E-state index in [1.54, 1.807) is 18.6 Å². The molecule has 1 saturated heterocycles.